The highest BCUT2D eigenvalue weighted by Gasteiger charge is 2.10. The van der Waals surface area contributed by atoms with Crippen molar-refractivity contribution in [3.63, 3.8) is 0 Å². The Bertz CT molecular complexity index is 1060. The first kappa shape index (κ1) is 18.9. The van der Waals surface area contributed by atoms with E-state index in [1.807, 2.05) is 35.0 Å². The number of nitrogens with zero attached hydrogens (tertiary/aromatic N) is 1. The molecule has 3 N–H and O–H groups in total. The molecule has 0 aliphatic heterocycles. The lowest BCUT2D eigenvalue weighted by Crippen LogP contribution is -2.29. The Balaban J connectivity index is 1.58. The summed E-state index contributed by atoms with van der Waals surface area (Å²) >= 11 is 0. The topological polar surface area (TPSA) is 103 Å². The average Bonchev–Trinajstić information content (AvgIpc) is 3.04. The number of nitrogens with two attached hydrogens (primary N) is 1. The van der Waals surface area contributed by atoms with Crippen molar-refractivity contribution in [2.45, 2.75) is 17.9 Å². The SMILES string of the molecule is COc1cccc2ccn(CC(=O)NCCc3ccc(S(N)(=O)=O)cc3)c12. The number of carbonyl (C=O) groups is 1. The van der Waals surface area contributed by atoms with Gasteiger partial charge in [0.2, 0.25) is 15.9 Å². The van der Waals surface area contributed by atoms with Crippen LogP contribution in [0.1, 0.15) is 5.56 Å². The number of aromatic nitrogens is 1. The lowest BCUT2D eigenvalue weighted by Gasteiger charge is -2.10. The van der Waals surface area contributed by atoms with Gasteiger partial charge >= 0.3 is 0 Å². The fourth-order valence-electron chi connectivity index (χ4n) is 2.93. The fraction of sp³-hybridized carbons (Fsp3) is 0.211. The van der Waals surface area contributed by atoms with E-state index in [0.29, 0.717) is 13.0 Å². The van der Waals surface area contributed by atoms with Crippen LogP contribution in [0.25, 0.3) is 10.9 Å². The maximum atomic E-state index is 12.3. The third-order valence-corrected chi connectivity index (χ3v) is 5.20. The van der Waals surface area contributed by atoms with E-state index >= 15 is 0 Å². The minimum absolute atomic E-state index is 0.0729. The first-order valence-electron chi connectivity index (χ1n) is 8.39. The van der Waals surface area contributed by atoms with Crippen LogP contribution >= 0.6 is 0 Å². The summed E-state index contributed by atoms with van der Waals surface area (Å²) in [7, 11) is -2.08. The zero-order valence-corrected chi connectivity index (χ0v) is 15.7. The van der Waals surface area contributed by atoms with Gasteiger partial charge in [-0.15, -0.1) is 0 Å². The van der Waals surface area contributed by atoms with Gasteiger partial charge in [0.25, 0.3) is 0 Å². The molecule has 27 heavy (non-hydrogen) atoms. The Morgan fingerprint density at radius 3 is 2.56 bits per heavy atom. The molecule has 0 unspecified atom stereocenters. The number of sulfonamides is 1. The van der Waals surface area contributed by atoms with Gasteiger partial charge in [-0.1, -0.05) is 24.3 Å². The number of amides is 1. The summed E-state index contributed by atoms with van der Waals surface area (Å²) in [6, 6.07) is 14.0. The molecule has 3 rings (SSSR count). The van der Waals surface area contributed by atoms with Crippen molar-refractivity contribution in [1.29, 1.82) is 0 Å². The highest BCUT2D eigenvalue weighted by Crippen LogP contribution is 2.26. The summed E-state index contributed by atoms with van der Waals surface area (Å²) in [6.45, 7) is 0.637. The molecule has 0 bridgehead atoms. The van der Waals surface area contributed by atoms with Crippen molar-refractivity contribution >= 4 is 26.8 Å². The molecule has 0 fully saturated rings. The van der Waals surface area contributed by atoms with Crippen molar-refractivity contribution in [3.8, 4) is 5.75 Å². The molecule has 0 saturated heterocycles. The molecule has 0 aliphatic rings. The van der Waals surface area contributed by atoms with E-state index in [4.69, 9.17) is 9.88 Å². The van der Waals surface area contributed by atoms with Gasteiger partial charge in [-0.25, -0.2) is 13.6 Å². The smallest absolute Gasteiger partial charge is 0.239 e. The van der Waals surface area contributed by atoms with Crippen LogP contribution in [0.15, 0.2) is 59.6 Å². The molecule has 0 aliphatic carbocycles. The molecule has 8 heteroatoms. The first-order chi connectivity index (χ1) is 12.9. The van der Waals surface area contributed by atoms with E-state index in [0.717, 1.165) is 22.2 Å². The van der Waals surface area contributed by atoms with E-state index in [1.54, 1.807) is 19.2 Å². The van der Waals surface area contributed by atoms with Crippen LogP contribution in [0.2, 0.25) is 0 Å². The van der Waals surface area contributed by atoms with Crippen molar-refractivity contribution < 1.29 is 17.9 Å². The van der Waals surface area contributed by atoms with Gasteiger partial charge in [0, 0.05) is 18.1 Å². The average molecular weight is 387 g/mol. The second-order valence-corrected chi connectivity index (χ2v) is 7.69. The monoisotopic (exact) mass is 387 g/mol. The molecule has 2 aromatic carbocycles. The lowest BCUT2D eigenvalue weighted by molar-refractivity contribution is -0.121. The lowest BCUT2D eigenvalue weighted by atomic mass is 10.1. The molecule has 0 spiro atoms. The number of primary sulfonamides is 1. The third-order valence-electron chi connectivity index (χ3n) is 4.27. The number of ether oxygens (including phenoxy) is 1. The zero-order chi connectivity index (χ0) is 19.4. The van der Waals surface area contributed by atoms with Crippen LogP contribution in [0.5, 0.6) is 5.75 Å². The summed E-state index contributed by atoms with van der Waals surface area (Å²) in [6.07, 6.45) is 2.45. The van der Waals surface area contributed by atoms with Gasteiger partial charge in [-0.2, -0.15) is 0 Å². The molecule has 142 valence electrons. The third kappa shape index (κ3) is 4.47. The highest BCUT2D eigenvalue weighted by atomic mass is 32.2. The molecular formula is C19H21N3O4S. The molecule has 0 saturated carbocycles. The van der Waals surface area contributed by atoms with Crippen molar-refractivity contribution in [1.82, 2.24) is 9.88 Å². The van der Waals surface area contributed by atoms with Crippen molar-refractivity contribution in [3.05, 3.63) is 60.3 Å². The molecule has 3 aromatic rings. The van der Waals surface area contributed by atoms with Crippen LogP contribution in [0.4, 0.5) is 0 Å². The molecule has 7 nitrogen and oxygen atoms in total. The van der Waals surface area contributed by atoms with Crippen molar-refractivity contribution in [2.24, 2.45) is 5.14 Å². The summed E-state index contributed by atoms with van der Waals surface area (Å²) < 4.78 is 29.7. The molecule has 0 radical (unpaired) electrons. The number of nitrogens with one attached hydrogen (secondary N) is 1. The first-order valence-corrected chi connectivity index (χ1v) is 9.93. The molecule has 1 heterocycles. The van der Waals surface area contributed by atoms with Gasteiger partial charge in [0.05, 0.1) is 17.5 Å². The Morgan fingerprint density at radius 2 is 1.89 bits per heavy atom. The van der Waals surface area contributed by atoms with Gasteiger partial charge in [0.1, 0.15) is 12.3 Å². The standard InChI is InChI=1S/C19H21N3O4S/c1-26-17-4-2-3-15-10-12-22(19(15)17)13-18(23)21-11-9-14-5-7-16(8-6-14)27(20,24)25/h2-8,10,12H,9,11,13H2,1H3,(H,21,23)(H2,20,24,25). The van der Waals surface area contributed by atoms with Gasteiger partial charge in [0.15, 0.2) is 0 Å². The van der Waals surface area contributed by atoms with E-state index in [9.17, 15) is 13.2 Å². The summed E-state index contributed by atoms with van der Waals surface area (Å²) in [5.41, 5.74) is 1.80. The largest absolute Gasteiger partial charge is 0.495 e. The Labute approximate surface area is 157 Å². The van der Waals surface area contributed by atoms with E-state index < -0.39 is 10.0 Å². The van der Waals surface area contributed by atoms with Gasteiger partial charge in [-0.3, -0.25) is 4.79 Å². The number of rotatable bonds is 7. The van der Waals surface area contributed by atoms with E-state index in [-0.39, 0.29) is 17.3 Å². The fourth-order valence-corrected chi connectivity index (χ4v) is 3.44. The number of hydrogen-bond donors (Lipinski definition) is 2. The van der Waals surface area contributed by atoms with Crippen LogP contribution in [-0.4, -0.2) is 32.5 Å². The predicted molar refractivity (Wildman–Crippen MR) is 103 cm³/mol. The zero-order valence-electron chi connectivity index (χ0n) is 14.9. The van der Waals surface area contributed by atoms with E-state index in [2.05, 4.69) is 5.32 Å². The molecule has 0 atom stereocenters. The van der Waals surface area contributed by atoms with Crippen LogP contribution in [0.3, 0.4) is 0 Å². The highest BCUT2D eigenvalue weighted by molar-refractivity contribution is 7.89. The number of benzene rings is 2. The summed E-state index contributed by atoms with van der Waals surface area (Å²) in [4.78, 5) is 12.3. The maximum Gasteiger partial charge on any atom is 0.239 e. The second kappa shape index (κ2) is 7.81. The summed E-state index contributed by atoms with van der Waals surface area (Å²) in [5, 5.41) is 8.96. The van der Waals surface area contributed by atoms with Crippen molar-refractivity contribution in [2.75, 3.05) is 13.7 Å². The van der Waals surface area contributed by atoms with Gasteiger partial charge < -0.3 is 14.6 Å². The van der Waals surface area contributed by atoms with Gasteiger partial charge in [-0.05, 0) is 36.2 Å². The minimum atomic E-state index is -3.69. The molecular weight excluding hydrogens is 366 g/mol. The Kier molecular flexibility index (Phi) is 5.48. The normalized spacial score (nSPS) is 11.5. The van der Waals surface area contributed by atoms with E-state index in [1.165, 1.54) is 12.1 Å². The number of para-hydroxylation sites is 1. The van der Waals surface area contributed by atoms with Crippen LogP contribution in [0, 0.1) is 0 Å². The number of fused-ring (bicyclic) bond motifs is 1. The number of methoxy groups -OCH3 is 1. The minimum Gasteiger partial charge on any atom is -0.495 e. The Hall–Kier alpha value is -2.84. The quantitative estimate of drug-likeness (QED) is 0.643. The Morgan fingerprint density at radius 1 is 1.15 bits per heavy atom. The molecule has 1 amide bonds. The molecule has 1 aromatic heterocycles. The number of carbonyl (C=O) groups excluding carboxylic acids is 1. The summed E-state index contributed by atoms with van der Waals surface area (Å²) in [5.74, 6) is 0.611. The number of hydrogen-bond acceptors (Lipinski definition) is 4. The maximum absolute atomic E-state index is 12.3. The predicted octanol–water partition coefficient (Wildman–Crippen LogP) is 1.66. The van der Waals surface area contributed by atoms with Crippen LogP contribution in [-0.2, 0) is 27.8 Å². The van der Waals surface area contributed by atoms with Crippen LogP contribution < -0.4 is 15.2 Å². The second-order valence-electron chi connectivity index (χ2n) is 6.13.